The van der Waals surface area contributed by atoms with Gasteiger partial charge in [-0.05, 0) is 49.7 Å². The first-order chi connectivity index (χ1) is 7.25. The molecule has 1 aliphatic rings. The van der Waals surface area contributed by atoms with Crippen LogP contribution in [0.25, 0.3) is 0 Å². The predicted molar refractivity (Wildman–Crippen MR) is 65.0 cm³/mol. The molecular weight excluding hydrogens is 182 g/mol. The van der Waals surface area contributed by atoms with Crippen molar-refractivity contribution in [3.05, 3.63) is 35.4 Å². The number of benzene rings is 1. The fraction of sp³-hybridized carbons (Fsp3) is 0.571. The third kappa shape index (κ3) is 2.82. The molecule has 0 radical (unpaired) electrons. The molecule has 2 N–H and O–H groups in total. The van der Waals surface area contributed by atoms with E-state index in [-0.39, 0.29) is 0 Å². The van der Waals surface area contributed by atoms with Gasteiger partial charge < -0.3 is 5.73 Å². The quantitative estimate of drug-likeness (QED) is 0.798. The molecule has 1 saturated carbocycles. The molecule has 1 heteroatoms. The lowest BCUT2D eigenvalue weighted by atomic mass is 9.80. The molecule has 1 aromatic carbocycles. The van der Waals surface area contributed by atoms with E-state index in [4.69, 9.17) is 5.73 Å². The van der Waals surface area contributed by atoms with Gasteiger partial charge in [-0.15, -0.1) is 0 Å². The van der Waals surface area contributed by atoms with Gasteiger partial charge in [-0.1, -0.05) is 30.7 Å². The van der Waals surface area contributed by atoms with Crippen LogP contribution in [0, 0.1) is 0 Å². The minimum absolute atomic E-state index is 0.316. The minimum atomic E-state index is 0.316. The minimum Gasteiger partial charge on any atom is -0.328 e. The maximum absolute atomic E-state index is 5.75. The van der Waals surface area contributed by atoms with Gasteiger partial charge in [0.25, 0.3) is 0 Å². The molecule has 1 unspecified atom stereocenters. The van der Waals surface area contributed by atoms with Crippen molar-refractivity contribution >= 4 is 0 Å². The topological polar surface area (TPSA) is 26.0 Å². The molecule has 1 atom stereocenters. The number of nitrogens with two attached hydrogens (primary N) is 1. The van der Waals surface area contributed by atoms with Gasteiger partial charge in [0.1, 0.15) is 0 Å². The van der Waals surface area contributed by atoms with E-state index in [0.29, 0.717) is 6.04 Å². The van der Waals surface area contributed by atoms with Crippen molar-refractivity contribution in [2.45, 2.75) is 51.0 Å². The van der Waals surface area contributed by atoms with Crippen LogP contribution in [0.2, 0.25) is 0 Å². The van der Waals surface area contributed by atoms with Crippen LogP contribution in [0.4, 0.5) is 0 Å². The molecular formula is C14H21N. The molecule has 0 aromatic heterocycles. The van der Waals surface area contributed by atoms with Gasteiger partial charge in [0.15, 0.2) is 0 Å². The molecule has 2 rings (SSSR count). The molecule has 0 aliphatic heterocycles. The summed E-state index contributed by atoms with van der Waals surface area (Å²) in [7, 11) is 0. The van der Waals surface area contributed by atoms with Crippen LogP contribution < -0.4 is 5.73 Å². The van der Waals surface area contributed by atoms with Crippen LogP contribution in [0.5, 0.6) is 0 Å². The van der Waals surface area contributed by atoms with E-state index in [9.17, 15) is 0 Å². The molecule has 1 fully saturated rings. The smallest absolute Gasteiger partial charge is 0.00136 e. The fourth-order valence-corrected chi connectivity index (χ4v) is 2.09. The Morgan fingerprint density at radius 2 is 1.93 bits per heavy atom. The summed E-state index contributed by atoms with van der Waals surface area (Å²) in [6.45, 7) is 2.07. The third-order valence-corrected chi connectivity index (χ3v) is 3.44. The average molecular weight is 203 g/mol. The summed E-state index contributed by atoms with van der Waals surface area (Å²) in [5, 5.41) is 0. The molecule has 1 aromatic rings. The molecule has 0 heterocycles. The van der Waals surface area contributed by atoms with Gasteiger partial charge in [-0.3, -0.25) is 0 Å². The lowest BCUT2D eigenvalue weighted by Crippen LogP contribution is -2.15. The maximum atomic E-state index is 5.75. The molecule has 0 saturated heterocycles. The Kier molecular flexibility index (Phi) is 3.42. The van der Waals surface area contributed by atoms with Crippen molar-refractivity contribution in [3.8, 4) is 0 Å². The summed E-state index contributed by atoms with van der Waals surface area (Å²) in [6.07, 6.45) is 6.39. The second-order valence-corrected chi connectivity index (χ2v) is 4.89. The summed E-state index contributed by atoms with van der Waals surface area (Å²) in [4.78, 5) is 0. The van der Waals surface area contributed by atoms with E-state index in [0.717, 1.165) is 18.8 Å². The van der Waals surface area contributed by atoms with Crippen molar-refractivity contribution in [1.82, 2.24) is 0 Å². The van der Waals surface area contributed by atoms with E-state index >= 15 is 0 Å². The Hall–Kier alpha value is -0.820. The Morgan fingerprint density at radius 3 is 2.40 bits per heavy atom. The van der Waals surface area contributed by atoms with Crippen LogP contribution in [-0.2, 0) is 6.42 Å². The average Bonchev–Trinajstić information content (AvgIpc) is 2.14. The van der Waals surface area contributed by atoms with Crippen LogP contribution in [0.3, 0.4) is 0 Å². The number of hydrogen-bond donors (Lipinski definition) is 1. The summed E-state index contributed by atoms with van der Waals surface area (Å²) < 4.78 is 0. The first-order valence-corrected chi connectivity index (χ1v) is 6.10. The van der Waals surface area contributed by atoms with Gasteiger partial charge in [0.05, 0.1) is 0 Å². The Labute approximate surface area is 92.7 Å². The highest BCUT2D eigenvalue weighted by atomic mass is 14.6. The fourth-order valence-electron chi connectivity index (χ4n) is 2.09. The summed E-state index contributed by atoms with van der Waals surface area (Å²) >= 11 is 0. The van der Waals surface area contributed by atoms with Crippen molar-refractivity contribution in [3.63, 3.8) is 0 Å². The van der Waals surface area contributed by atoms with E-state index < -0.39 is 0 Å². The van der Waals surface area contributed by atoms with E-state index in [1.165, 1.54) is 30.4 Å². The molecule has 1 aliphatic carbocycles. The van der Waals surface area contributed by atoms with Gasteiger partial charge in [-0.2, -0.15) is 0 Å². The first kappa shape index (κ1) is 10.7. The molecule has 1 nitrogen and oxygen atoms in total. The molecule has 0 spiro atoms. The maximum Gasteiger partial charge on any atom is 0.00136 e. The van der Waals surface area contributed by atoms with Crippen LogP contribution >= 0.6 is 0 Å². The van der Waals surface area contributed by atoms with Crippen LogP contribution in [0.15, 0.2) is 24.3 Å². The summed E-state index contributed by atoms with van der Waals surface area (Å²) in [6, 6.07) is 9.48. The van der Waals surface area contributed by atoms with Crippen molar-refractivity contribution < 1.29 is 0 Å². The van der Waals surface area contributed by atoms with Gasteiger partial charge in [0, 0.05) is 6.04 Å². The molecule has 0 bridgehead atoms. The van der Waals surface area contributed by atoms with Gasteiger partial charge >= 0.3 is 0 Å². The summed E-state index contributed by atoms with van der Waals surface area (Å²) in [5.74, 6) is 0.854. The zero-order valence-electron chi connectivity index (χ0n) is 9.58. The van der Waals surface area contributed by atoms with Crippen molar-refractivity contribution in [2.75, 3.05) is 0 Å². The number of hydrogen-bond acceptors (Lipinski definition) is 1. The highest BCUT2D eigenvalue weighted by Crippen LogP contribution is 2.36. The SMILES string of the molecule is CC(N)CCc1ccc(C2CCC2)cc1. The first-order valence-electron chi connectivity index (χ1n) is 6.10. The van der Waals surface area contributed by atoms with Gasteiger partial charge in [-0.25, -0.2) is 0 Å². The largest absolute Gasteiger partial charge is 0.328 e. The van der Waals surface area contributed by atoms with E-state index in [1.807, 2.05) is 0 Å². The van der Waals surface area contributed by atoms with Crippen molar-refractivity contribution in [2.24, 2.45) is 5.73 Å². The van der Waals surface area contributed by atoms with Gasteiger partial charge in [0.2, 0.25) is 0 Å². The molecule has 0 amide bonds. The van der Waals surface area contributed by atoms with Crippen LogP contribution in [-0.4, -0.2) is 6.04 Å². The van der Waals surface area contributed by atoms with E-state index in [1.54, 1.807) is 0 Å². The monoisotopic (exact) mass is 203 g/mol. The van der Waals surface area contributed by atoms with Crippen LogP contribution in [0.1, 0.15) is 49.7 Å². The second kappa shape index (κ2) is 4.80. The second-order valence-electron chi connectivity index (χ2n) is 4.89. The molecule has 82 valence electrons. The number of aryl methyl sites for hydroxylation is 1. The standard InChI is InChI=1S/C14H21N/c1-11(15)5-6-12-7-9-14(10-8-12)13-3-2-4-13/h7-11,13H,2-6,15H2,1H3. The summed E-state index contributed by atoms with van der Waals surface area (Å²) in [5.41, 5.74) is 8.71. The van der Waals surface area contributed by atoms with E-state index in [2.05, 4.69) is 31.2 Å². The Bertz CT molecular complexity index is 296. The zero-order chi connectivity index (χ0) is 10.7. The lowest BCUT2D eigenvalue weighted by molar-refractivity contribution is 0.419. The highest BCUT2D eigenvalue weighted by molar-refractivity contribution is 5.26. The van der Waals surface area contributed by atoms with Crippen molar-refractivity contribution in [1.29, 1.82) is 0 Å². The normalized spacial score (nSPS) is 18.5. The zero-order valence-corrected chi connectivity index (χ0v) is 9.58. The number of rotatable bonds is 4. The molecule has 15 heavy (non-hydrogen) atoms. The lowest BCUT2D eigenvalue weighted by Gasteiger charge is -2.25. The Morgan fingerprint density at radius 1 is 1.27 bits per heavy atom. The predicted octanol–water partition coefficient (Wildman–Crippen LogP) is 3.23. The highest BCUT2D eigenvalue weighted by Gasteiger charge is 2.18. The third-order valence-electron chi connectivity index (χ3n) is 3.44. The Balaban J connectivity index is 1.91.